The molecule has 1 N–H and O–H groups in total. The van der Waals surface area contributed by atoms with Gasteiger partial charge in [0.25, 0.3) is 0 Å². The molecule has 1 aromatic carbocycles. The van der Waals surface area contributed by atoms with Crippen molar-refractivity contribution >= 4 is 39.2 Å². The molecule has 3 heterocycles. The first-order valence-corrected chi connectivity index (χ1v) is 12.4. The molecular formula is C23H28N4OS2. The second kappa shape index (κ2) is 9.90. The zero-order valence-electron chi connectivity index (χ0n) is 17.6. The summed E-state index contributed by atoms with van der Waals surface area (Å²) in [5.74, 6) is 1.25. The maximum Gasteiger partial charge on any atom is 0.230 e. The van der Waals surface area contributed by atoms with Crippen LogP contribution in [-0.2, 0) is 17.8 Å². The summed E-state index contributed by atoms with van der Waals surface area (Å²) >= 11 is 3.24. The van der Waals surface area contributed by atoms with Crippen LogP contribution in [0.3, 0.4) is 0 Å². The van der Waals surface area contributed by atoms with Crippen LogP contribution in [0.1, 0.15) is 36.0 Å². The van der Waals surface area contributed by atoms with Gasteiger partial charge in [0, 0.05) is 35.9 Å². The SMILES string of the molecule is CCc1cc2c(SCC(=O)NC3CCN(Cc4ccccc4)CC3)nc(C)nc2s1. The molecule has 158 valence electrons. The molecule has 0 atom stereocenters. The predicted octanol–water partition coefficient (Wildman–Crippen LogP) is 4.44. The predicted molar refractivity (Wildman–Crippen MR) is 125 cm³/mol. The van der Waals surface area contributed by atoms with E-state index in [0.717, 1.165) is 60.0 Å². The molecule has 0 radical (unpaired) electrons. The van der Waals surface area contributed by atoms with Crippen molar-refractivity contribution in [2.24, 2.45) is 0 Å². The Hall–Kier alpha value is -1.96. The Morgan fingerprint density at radius 3 is 2.73 bits per heavy atom. The maximum absolute atomic E-state index is 12.6. The Morgan fingerprint density at radius 1 is 1.23 bits per heavy atom. The largest absolute Gasteiger partial charge is 0.353 e. The number of hydrogen-bond donors (Lipinski definition) is 1. The molecule has 0 spiro atoms. The quantitative estimate of drug-likeness (QED) is 0.435. The van der Waals surface area contributed by atoms with E-state index in [1.807, 2.05) is 6.92 Å². The lowest BCUT2D eigenvalue weighted by atomic mass is 10.0. The summed E-state index contributed by atoms with van der Waals surface area (Å²) in [7, 11) is 0. The van der Waals surface area contributed by atoms with Gasteiger partial charge in [-0.3, -0.25) is 9.69 Å². The van der Waals surface area contributed by atoms with Gasteiger partial charge in [-0.25, -0.2) is 9.97 Å². The van der Waals surface area contributed by atoms with Crippen LogP contribution in [0.25, 0.3) is 10.2 Å². The number of carbonyl (C=O) groups is 1. The summed E-state index contributed by atoms with van der Waals surface area (Å²) in [6.07, 6.45) is 3.00. The minimum absolute atomic E-state index is 0.0943. The van der Waals surface area contributed by atoms with Gasteiger partial charge >= 0.3 is 0 Å². The number of piperidine rings is 1. The summed E-state index contributed by atoms with van der Waals surface area (Å²) in [4.78, 5) is 26.5. The van der Waals surface area contributed by atoms with Crippen molar-refractivity contribution in [1.82, 2.24) is 20.2 Å². The molecule has 1 saturated heterocycles. The number of aryl methyl sites for hydroxylation is 2. The lowest BCUT2D eigenvalue weighted by Crippen LogP contribution is -2.44. The molecular weight excluding hydrogens is 412 g/mol. The highest BCUT2D eigenvalue weighted by Crippen LogP contribution is 2.31. The third-order valence-electron chi connectivity index (χ3n) is 5.41. The van der Waals surface area contributed by atoms with E-state index in [1.54, 1.807) is 11.3 Å². The standard InChI is InChI=1S/C23H28N4OS2/c1-3-19-13-20-22(24-16(2)25-23(20)30-19)29-15-21(28)26-18-9-11-27(12-10-18)14-17-7-5-4-6-8-17/h4-8,13,18H,3,9-12,14-15H2,1-2H3,(H,26,28). The van der Waals surface area contributed by atoms with Gasteiger partial charge in [0.2, 0.25) is 5.91 Å². The van der Waals surface area contributed by atoms with E-state index in [4.69, 9.17) is 0 Å². The van der Waals surface area contributed by atoms with Gasteiger partial charge in [-0.05, 0) is 37.8 Å². The Bertz CT molecular complexity index is 997. The van der Waals surface area contributed by atoms with Crippen LogP contribution in [0.5, 0.6) is 0 Å². The number of carbonyl (C=O) groups excluding carboxylic acids is 1. The smallest absolute Gasteiger partial charge is 0.230 e. The van der Waals surface area contributed by atoms with Crippen LogP contribution in [0, 0.1) is 6.92 Å². The molecule has 3 aromatic rings. The van der Waals surface area contributed by atoms with E-state index >= 15 is 0 Å². The van der Waals surface area contributed by atoms with E-state index < -0.39 is 0 Å². The molecule has 0 aliphatic carbocycles. The molecule has 0 saturated carbocycles. The third kappa shape index (κ3) is 5.39. The number of likely N-dealkylation sites (tertiary alicyclic amines) is 1. The van der Waals surface area contributed by atoms with Crippen molar-refractivity contribution in [3.05, 3.63) is 52.7 Å². The molecule has 7 heteroatoms. The van der Waals surface area contributed by atoms with Gasteiger partial charge in [-0.1, -0.05) is 49.0 Å². The summed E-state index contributed by atoms with van der Waals surface area (Å²) in [6, 6.07) is 13.0. The topological polar surface area (TPSA) is 58.1 Å². The van der Waals surface area contributed by atoms with Crippen LogP contribution in [0.15, 0.2) is 41.4 Å². The van der Waals surface area contributed by atoms with Crippen LogP contribution in [-0.4, -0.2) is 45.7 Å². The first-order valence-electron chi connectivity index (χ1n) is 10.6. The van der Waals surface area contributed by atoms with Gasteiger partial charge < -0.3 is 5.32 Å². The van der Waals surface area contributed by atoms with E-state index in [2.05, 4.69) is 63.5 Å². The normalized spacial score (nSPS) is 15.5. The van der Waals surface area contributed by atoms with Crippen molar-refractivity contribution in [2.45, 2.75) is 50.7 Å². The van der Waals surface area contributed by atoms with Crippen molar-refractivity contribution in [2.75, 3.05) is 18.8 Å². The molecule has 5 nitrogen and oxygen atoms in total. The second-order valence-electron chi connectivity index (χ2n) is 7.75. The molecule has 1 amide bonds. The number of thiophene rings is 1. The molecule has 0 unspecified atom stereocenters. The van der Waals surface area contributed by atoms with Crippen LogP contribution in [0.4, 0.5) is 0 Å². The van der Waals surface area contributed by atoms with Crippen LogP contribution >= 0.6 is 23.1 Å². The molecule has 1 aliphatic rings. The number of benzene rings is 1. The minimum atomic E-state index is 0.0943. The Kier molecular flexibility index (Phi) is 7.02. The summed E-state index contributed by atoms with van der Waals surface area (Å²) in [5.41, 5.74) is 1.35. The maximum atomic E-state index is 12.6. The number of amides is 1. The van der Waals surface area contributed by atoms with Gasteiger partial charge in [0.15, 0.2) is 0 Å². The fourth-order valence-corrected chi connectivity index (χ4v) is 5.75. The number of thioether (sulfide) groups is 1. The fourth-order valence-electron chi connectivity index (χ4n) is 3.81. The van der Waals surface area contributed by atoms with Crippen LogP contribution in [0.2, 0.25) is 0 Å². The Labute approximate surface area is 186 Å². The summed E-state index contributed by atoms with van der Waals surface area (Å²) < 4.78 is 0. The van der Waals surface area contributed by atoms with E-state index in [1.165, 1.54) is 22.2 Å². The second-order valence-corrected chi connectivity index (χ2v) is 9.83. The highest BCUT2D eigenvalue weighted by Gasteiger charge is 2.21. The summed E-state index contributed by atoms with van der Waals surface area (Å²) in [5, 5.41) is 5.22. The molecule has 30 heavy (non-hydrogen) atoms. The first-order chi connectivity index (χ1) is 14.6. The van der Waals surface area contributed by atoms with Crippen molar-refractivity contribution < 1.29 is 4.79 Å². The molecule has 1 fully saturated rings. The average molecular weight is 441 g/mol. The van der Waals surface area contributed by atoms with Gasteiger partial charge in [0.05, 0.1) is 5.75 Å². The highest BCUT2D eigenvalue weighted by atomic mass is 32.2. The summed E-state index contributed by atoms with van der Waals surface area (Å²) in [6.45, 7) is 7.09. The number of nitrogens with zero attached hydrogens (tertiary/aromatic N) is 3. The number of nitrogens with one attached hydrogen (secondary N) is 1. The lowest BCUT2D eigenvalue weighted by molar-refractivity contribution is -0.119. The number of fused-ring (bicyclic) bond motifs is 1. The average Bonchev–Trinajstić information content (AvgIpc) is 3.17. The third-order valence-corrected chi connectivity index (χ3v) is 7.58. The zero-order valence-corrected chi connectivity index (χ0v) is 19.2. The first kappa shape index (κ1) is 21.3. The van der Waals surface area contributed by atoms with Crippen molar-refractivity contribution in [1.29, 1.82) is 0 Å². The van der Waals surface area contributed by atoms with E-state index in [-0.39, 0.29) is 11.9 Å². The van der Waals surface area contributed by atoms with Crippen LogP contribution < -0.4 is 5.32 Å². The van der Waals surface area contributed by atoms with Gasteiger partial charge in [-0.2, -0.15) is 0 Å². The number of aromatic nitrogens is 2. The Morgan fingerprint density at radius 2 is 2.00 bits per heavy atom. The number of rotatable bonds is 7. The van der Waals surface area contributed by atoms with Gasteiger partial charge in [0.1, 0.15) is 15.7 Å². The molecule has 2 aromatic heterocycles. The van der Waals surface area contributed by atoms with E-state index in [0.29, 0.717) is 5.75 Å². The van der Waals surface area contributed by atoms with E-state index in [9.17, 15) is 4.79 Å². The molecule has 0 bridgehead atoms. The molecule has 1 aliphatic heterocycles. The van der Waals surface area contributed by atoms with Crippen molar-refractivity contribution in [3.63, 3.8) is 0 Å². The fraction of sp³-hybridized carbons (Fsp3) is 0.435. The molecule has 4 rings (SSSR count). The number of hydrogen-bond acceptors (Lipinski definition) is 6. The minimum Gasteiger partial charge on any atom is -0.353 e. The lowest BCUT2D eigenvalue weighted by Gasteiger charge is -2.32. The monoisotopic (exact) mass is 440 g/mol. The highest BCUT2D eigenvalue weighted by molar-refractivity contribution is 8.00. The van der Waals surface area contributed by atoms with Gasteiger partial charge in [-0.15, -0.1) is 11.3 Å². The Balaban J connectivity index is 1.27. The zero-order chi connectivity index (χ0) is 20.9. The van der Waals surface area contributed by atoms with Crippen molar-refractivity contribution in [3.8, 4) is 0 Å².